The molecule has 0 bridgehead atoms. The fourth-order valence-electron chi connectivity index (χ4n) is 2.36. The number of halogens is 1. The van der Waals surface area contributed by atoms with Crippen molar-refractivity contribution in [1.82, 2.24) is 9.97 Å². The molecular formula is C18H18ClN3O2S. The van der Waals surface area contributed by atoms with Crippen LogP contribution in [0.4, 0.5) is 11.5 Å². The number of esters is 1. The van der Waals surface area contributed by atoms with Gasteiger partial charge in [-0.3, -0.25) is 0 Å². The Labute approximate surface area is 155 Å². The van der Waals surface area contributed by atoms with Gasteiger partial charge in [0.2, 0.25) is 5.28 Å². The number of carbonyl (C=O) groups excluding carboxylic acids is 1. The van der Waals surface area contributed by atoms with Gasteiger partial charge in [0.25, 0.3) is 0 Å². The van der Waals surface area contributed by atoms with Gasteiger partial charge in [0, 0.05) is 10.6 Å². The Balaban J connectivity index is 1.93. The number of thiophene rings is 1. The Bertz CT molecular complexity index is 924. The molecule has 0 unspecified atom stereocenters. The summed E-state index contributed by atoms with van der Waals surface area (Å²) < 4.78 is 5.24. The third-order valence-electron chi connectivity index (χ3n) is 3.47. The van der Waals surface area contributed by atoms with Crippen LogP contribution in [-0.2, 0) is 11.2 Å². The van der Waals surface area contributed by atoms with Crippen molar-refractivity contribution in [2.75, 3.05) is 5.32 Å². The molecule has 2 heterocycles. The third kappa shape index (κ3) is 4.08. The molecule has 7 heteroatoms. The zero-order valence-electron chi connectivity index (χ0n) is 14.2. The number of hydrogen-bond acceptors (Lipinski definition) is 6. The lowest BCUT2D eigenvalue weighted by molar-refractivity contribution is 0.0378. The maximum atomic E-state index is 12.1. The topological polar surface area (TPSA) is 64.1 Å². The summed E-state index contributed by atoms with van der Waals surface area (Å²) >= 11 is 7.65. The summed E-state index contributed by atoms with van der Waals surface area (Å²) in [4.78, 5) is 22.7. The van der Waals surface area contributed by atoms with Crippen LogP contribution in [0.3, 0.4) is 0 Å². The fourth-order valence-corrected chi connectivity index (χ4v) is 3.54. The Morgan fingerprint density at radius 3 is 2.84 bits per heavy atom. The van der Waals surface area contributed by atoms with E-state index < -0.39 is 0 Å². The second-order valence-electron chi connectivity index (χ2n) is 5.79. The number of aromatic nitrogens is 2. The molecule has 1 aromatic carbocycles. The lowest BCUT2D eigenvalue weighted by Gasteiger charge is -2.10. The number of fused-ring (bicyclic) bond motifs is 1. The number of rotatable bonds is 5. The monoisotopic (exact) mass is 375 g/mol. The lowest BCUT2D eigenvalue weighted by Crippen LogP contribution is -2.11. The van der Waals surface area contributed by atoms with Crippen LogP contribution >= 0.6 is 22.9 Å². The molecule has 0 saturated carbocycles. The first-order chi connectivity index (χ1) is 12.0. The fraction of sp³-hybridized carbons (Fsp3) is 0.278. The molecule has 5 nitrogen and oxygen atoms in total. The molecule has 0 spiro atoms. The van der Waals surface area contributed by atoms with Crippen molar-refractivity contribution in [3.8, 4) is 0 Å². The molecule has 0 aliphatic heterocycles. The van der Waals surface area contributed by atoms with E-state index in [0.29, 0.717) is 11.4 Å². The van der Waals surface area contributed by atoms with Crippen molar-refractivity contribution < 1.29 is 9.53 Å². The van der Waals surface area contributed by atoms with E-state index in [1.807, 2.05) is 19.9 Å². The number of carbonyl (C=O) groups is 1. The molecule has 0 fully saturated rings. The summed E-state index contributed by atoms with van der Waals surface area (Å²) in [7, 11) is 0. The summed E-state index contributed by atoms with van der Waals surface area (Å²) in [5, 5.41) is 4.34. The highest BCUT2D eigenvalue weighted by molar-refractivity contribution is 7.18. The average molecular weight is 376 g/mol. The van der Waals surface area contributed by atoms with E-state index in [1.54, 1.807) is 29.5 Å². The van der Waals surface area contributed by atoms with E-state index in [1.165, 1.54) is 4.88 Å². The third-order valence-corrected chi connectivity index (χ3v) is 4.81. The van der Waals surface area contributed by atoms with Gasteiger partial charge in [0.05, 0.1) is 17.1 Å². The maximum Gasteiger partial charge on any atom is 0.338 e. The first kappa shape index (κ1) is 17.6. The molecule has 1 N–H and O–H groups in total. The van der Waals surface area contributed by atoms with Crippen molar-refractivity contribution >= 4 is 50.6 Å². The van der Waals surface area contributed by atoms with Gasteiger partial charge in [-0.25, -0.2) is 9.78 Å². The summed E-state index contributed by atoms with van der Waals surface area (Å²) in [5.74, 6) is 0.272. The van der Waals surface area contributed by atoms with E-state index in [-0.39, 0.29) is 17.4 Å². The van der Waals surface area contributed by atoms with Gasteiger partial charge in [-0.05, 0) is 56.1 Å². The minimum absolute atomic E-state index is 0.164. The molecule has 25 heavy (non-hydrogen) atoms. The number of hydrogen-bond donors (Lipinski definition) is 1. The number of benzene rings is 1. The van der Waals surface area contributed by atoms with Crippen molar-refractivity contribution in [2.45, 2.75) is 33.3 Å². The molecule has 0 aliphatic carbocycles. The summed E-state index contributed by atoms with van der Waals surface area (Å²) in [5.41, 5.74) is 1.22. The second-order valence-corrected chi connectivity index (χ2v) is 7.24. The predicted molar refractivity (Wildman–Crippen MR) is 102 cm³/mol. The zero-order chi connectivity index (χ0) is 18.0. The van der Waals surface area contributed by atoms with Crippen molar-refractivity contribution in [3.63, 3.8) is 0 Å². The van der Waals surface area contributed by atoms with Crippen LogP contribution in [0, 0.1) is 0 Å². The highest BCUT2D eigenvalue weighted by atomic mass is 35.5. The molecule has 3 aromatic rings. The lowest BCUT2D eigenvalue weighted by atomic mass is 10.2. The van der Waals surface area contributed by atoms with Gasteiger partial charge >= 0.3 is 5.97 Å². The molecule has 0 amide bonds. The maximum absolute atomic E-state index is 12.1. The van der Waals surface area contributed by atoms with E-state index in [9.17, 15) is 4.79 Å². The molecule has 0 atom stereocenters. The number of nitrogens with zero attached hydrogens (tertiary/aromatic N) is 2. The molecule has 3 rings (SSSR count). The van der Waals surface area contributed by atoms with Crippen LogP contribution in [0.1, 0.15) is 36.0 Å². The van der Waals surface area contributed by atoms with Crippen LogP contribution < -0.4 is 5.32 Å². The Morgan fingerprint density at radius 2 is 2.12 bits per heavy atom. The second kappa shape index (κ2) is 7.37. The first-order valence-corrected chi connectivity index (χ1v) is 9.19. The average Bonchev–Trinajstić information content (AvgIpc) is 2.97. The van der Waals surface area contributed by atoms with E-state index in [2.05, 4.69) is 28.3 Å². The van der Waals surface area contributed by atoms with Crippen LogP contribution in [-0.4, -0.2) is 22.0 Å². The quantitative estimate of drug-likeness (QED) is 0.489. The molecule has 0 saturated heterocycles. The molecule has 0 aliphatic rings. The van der Waals surface area contributed by atoms with E-state index >= 15 is 0 Å². The van der Waals surface area contributed by atoms with Crippen LogP contribution in [0.25, 0.3) is 10.2 Å². The minimum atomic E-state index is -0.353. The van der Waals surface area contributed by atoms with Crippen LogP contribution in [0.5, 0.6) is 0 Å². The highest BCUT2D eigenvalue weighted by Crippen LogP contribution is 2.32. The molecular weight excluding hydrogens is 358 g/mol. The number of anilines is 2. The highest BCUT2D eigenvalue weighted by Gasteiger charge is 2.13. The van der Waals surface area contributed by atoms with Gasteiger partial charge in [-0.15, -0.1) is 11.3 Å². The Hall–Kier alpha value is -2.18. The summed E-state index contributed by atoms with van der Waals surface area (Å²) in [6, 6.07) is 9.18. The predicted octanol–water partition coefficient (Wildman–Crippen LogP) is 5.22. The van der Waals surface area contributed by atoms with Gasteiger partial charge in [0.15, 0.2) is 0 Å². The number of aryl methyl sites for hydroxylation is 1. The normalized spacial score (nSPS) is 11.1. The summed E-state index contributed by atoms with van der Waals surface area (Å²) in [6.45, 7) is 5.74. The van der Waals surface area contributed by atoms with Crippen molar-refractivity contribution in [2.24, 2.45) is 0 Å². The zero-order valence-corrected chi connectivity index (χ0v) is 15.7. The molecule has 130 valence electrons. The molecule has 2 aromatic heterocycles. The van der Waals surface area contributed by atoms with Crippen molar-refractivity contribution in [3.05, 3.63) is 46.1 Å². The van der Waals surface area contributed by atoms with E-state index in [0.717, 1.165) is 22.3 Å². The van der Waals surface area contributed by atoms with E-state index in [4.69, 9.17) is 16.3 Å². The van der Waals surface area contributed by atoms with Gasteiger partial charge in [-0.1, -0.05) is 13.0 Å². The first-order valence-electron chi connectivity index (χ1n) is 8.00. The smallest absolute Gasteiger partial charge is 0.338 e. The van der Waals surface area contributed by atoms with Gasteiger partial charge in [-0.2, -0.15) is 4.98 Å². The Morgan fingerprint density at radius 1 is 1.32 bits per heavy atom. The number of ether oxygens (including phenoxy) is 1. The Kier molecular flexibility index (Phi) is 5.20. The van der Waals surface area contributed by atoms with Crippen LogP contribution in [0.2, 0.25) is 5.28 Å². The largest absolute Gasteiger partial charge is 0.459 e. The standard InChI is InChI=1S/C18H18ClN3O2S/c1-4-13-9-14-15(21-18(19)22-16(14)25-13)20-12-7-5-6-11(8-12)17(23)24-10(2)3/h5-10H,4H2,1-3H3,(H,20,21,22). The summed E-state index contributed by atoms with van der Waals surface area (Å²) in [6.07, 6.45) is 0.761. The molecule has 0 radical (unpaired) electrons. The van der Waals surface area contributed by atoms with Crippen LogP contribution in [0.15, 0.2) is 30.3 Å². The van der Waals surface area contributed by atoms with Gasteiger partial charge in [0.1, 0.15) is 10.6 Å². The number of nitrogens with one attached hydrogen (secondary N) is 1. The minimum Gasteiger partial charge on any atom is -0.459 e. The van der Waals surface area contributed by atoms with Gasteiger partial charge < -0.3 is 10.1 Å². The van der Waals surface area contributed by atoms with Crippen molar-refractivity contribution in [1.29, 1.82) is 0 Å². The SMILES string of the molecule is CCc1cc2c(Nc3cccc(C(=O)OC(C)C)c3)nc(Cl)nc2s1.